The van der Waals surface area contributed by atoms with Crippen LogP contribution in [0.15, 0.2) is 24.3 Å². The number of rotatable bonds is 4. The zero-order valence-corrected chi connectivity index (χ0v) is 16.5. The molecule has 0 aliphatic carbocycles. The van der Waals surface area contributed by atoms with E-state index in [1.165, 1.54) is 36.8 Å². The average Bonchev–Trinajstić information content (AvgIpc) is 2.61. The standard InChI is InChI=1S/C21H32N2O.ClH/c1-16-3-5-18(6-4-16)7-8-19-10-13-23(14-11-19)21(24)20-9-12-22-17(2)15-20;/h3-6,17,19-20,22H,7-15H2,1-2H3;1H/t17-,20-;/m0./s1. The highest BCUT2D eigenvalue weighted by atomic mass is 35.5. The number of hydrogen-bond acceptors (Lipinski definition) is 2. The molecule has 2 aliphatic rings. The van der Waals surface area contributed by atoms with Crippen LogP contribution in [0.3, 0.4) is 0 Å². The molecule has 140 valence electrons. The van der Waals surface area contributed by atoms with Crippen LogP contribution in [0, 0.1) is 18.8 Å². The number of aryl methyl sites for hydroxylation is 2. The van der Waals surface area contributed by atoms with Crippen LogP contribution in [0.1, 0.15) is 50.2 Å². The minimum absolute atomic E-state index is 0. The van der Waals surface area contributed by atoms with Gasteiger partial charge in [-0.3, -0.25) is 4.79 Å². The summed E-state index contributed by atoms with van der Waals surface area (Å²) in [5, 5.41) is 3.44. The zero-order valence-electron chi connectivity index (χ0n) is 15.7. The molecule has 0 unspecified atom stereocenters. The van der Waals surface area contributed by atoms with E-state index >= 15 is 0 Å². The van der Waals surface area contributed by atoms with Gasteiger partial charge in [-0.2, -0.15) is 0 Å². The Kier molecular flexibility index (Phi) is 7.77. The van der Waals surface area contributed by atoms with Gasteiger partial charge < -0.3 is 10.2 Å². The molecule has 2 atom stereocenters. The zero-order chi connectivity index (χ0) is 16.9. The molecule has 1 amide bonds. The second-order valence-corrected chi connectivity index (χ2v) is 7.87. The predicted molar refractivity (Wildman–Crippen MR) is 106 cm³/mol. The molecule has 0 bridgehead atoms. The first kappa shape index (κ1) is 20.3. The van der Waals surface area contributed by atoms with Crippen molar-refractivity contribution in [2.24, 2.45) is 11.8 Å². The molecule has 2 heterocycles. The number of piperidine rings is 2. The molecule has 4 heteroatoms. The molecule has 2 saturated heterocycles. The molecule has 0 radical (unpaired) electrons. The van der Waals surface area contributed by atoms with Crippen LogP contribution in [0.2, 0.25) is 0 Å². The number of halogens is 1. The fraction of sp³-hybridized carbons (Fsp3) is 0.667. The van der Waals surface area contributed by atoms with Crippen molar-refractivity contribution in [3.8, 4) is 0 Å². The first-order chi connectivity index (χ1) is 11.6. The molecule has 25 heavy (non-hydrogen) atoms. The smallest absolute Gasteiger partial charge is 0.225 e. The summed E-state index contributed by atoms with van der Waals surface area (Å²) in [4.78, 5) is 14.9. The van der Waals surface area contributed by atoms with Crippen molar-refractivity contribution in [2.45, 2.75) is 58.4 Å². The summed E-state index contributed by atoms with van der Waals surface area (Å²) in [6.07, 6.45) is 6.80. The molecule has 1 aromatic rings. The van der Waals surface area contributed by atoms with E-state index in [9.17, 15) is 4.79 Å². The molecule has 0 aromatic heterocycles. The summed E-state index contributed by atoms with van der Waals surface area (Å²) in [6, 6.07) is 9.41. The van der Waals surface area contributed by atoms with Gasteiger partial charge in [-0.05, 0) is 70.4 Å². The van der Waals surface area contributed by atoms with Gasteiger partial charge in [-0.15, -0.1) is 12.4 Å². The number of amides is 1. The fourth-order valence-corrected chi connectivity index (χ4v) is 4.18. The molecule has 1 N–H and O–H groups in total. The van der Waals surface area contributed by atoms with Gasteiger partial charge in [0, 0.05) is 25.0 Å². The molecule has 0 saturated carbocycles. The summed E-state index contributed by atoms with van der Waals surface area (Å²) >= 11 is 0. The Morgan fingerprint density at radius 3 is 2.48 bits per heavy atom. The number of carbonyl (C=O) groups excluding carboxylic acids is 1. The van der Waals surface area contributed by atoms with Gasteiger partial charge in [0.15, 0.2) is 0 Å². The summed E-state index contributed by atoms with van der Waals surface area (Å²) in [5.41, 5.74) is 2.78. The van der Waals surface area contributed by atoms with Crippen LogP contribution >= 0.6 is 12.4 Å². The van der Waals surface area contributed by atoms with Gasteiger partial charge in [0.05, 0.1) is 0 Å². The van der Waals surface area contributed by atoms with Crippen molar-refractivity contribution in [1.29, 1.82) is 0 Å². The Bertz CT molecular complexity index is 537. The Hall–Kier alpha value is -1.06. The van der Waals surface area contributed by atoms with E-state index in [0.717, 1.165) is 38.4 Å². The molecule has 3 rings (SSSR count). The van der Waals surface area contributed by atoms with Gasteiger partial charge in [0.2, 0.25) is 5.91 Å². The second kappa shape index (κ2) is 9.59. The third-order valence-corrected chi connectivity index (χ3v) is 5.86. The highest BCUT2D eigenvalue weighted by Crippen LogP contribution is 2.26. The summed E-state index contributed by atoms with van der Waals surface area (Å²) < 4.78 is 0. The molecule has 1 aromatic carbocycles. The number of nitrogens with zero attached hydrogens (tertiary/aromatic N) is 1. The normalized spacial score (nSPS) is 24.6. The lowest BCUT2D eigenvalue weighted by atomic mass is 9.88. The first-order valence-corrected chi connectivity index (χ1v) is 9.69. The highest BCUT2D eigenvalue weighted by molar-refractivity contribution is 5.85. The Balaban J connectivity index is 0.00000225. The van der Waals surface area contributed by atoms with E-state index in [1.54, 1.807) is 0 Å². The van der Waals surface area contributed by atoms with Crippen LogP contribution in [0.5, 0.6) is 0 Å². The largest absolute Gasteiger partial charge is 0.342 e. The quantitative estimate of drug-likeness (QED) is 0.876. The second-order valence-electron chi connectivity index (χ2n) is 7.87. The van der Waals surface area contributed by atoms with E-state index in [-0.39, 0.29) is 18.3 Å². The third kappa shape index (κ3) is 5.72. The van der Waals surface area contributed by atoms with Gasteiger partial charge in [-0.1, -0.05) is 29.8 Å². The Morgan fingerprint density at radius 2 is 1.84 bits per heavy atom. The molecule has 0 spiro atoms. The maximum Gasteiger partial charge on any atom is 0.225 e. The molecule has 2 aliphatic heterocycles. The number of benzene rings is 1. The van der Waals surface area contributed by atoms with Gasteiger partial charge >= 0.3 is 0 Å². The maximum atomic E-state index is 12.7. The van der Waals surface area contributed by atoms with Gasteiger partial charge in [0.25, 0.3) is 0 Å². The van der Waals surface area contributed by atoms with Crippen LogP contribution < -0.4 is 5.32 Å². The summed E-state index contributed by atoms with van der Waals surface area (Å²) in [5.74, 6) is 1.45. The summed E-state index contributed by atoms with van der Waals surface area (Å²) in [6.45, 7) is 7.26. The van der Waals surface area contributed by atoms with Crippen molar-refractivity contribution in [1.82, 2.24) is 10.2 Å². The number of carbonyl (C=O) groups is 1. The molecular weight excluding hydrogens is 332 g/mol. The lowest BCUT2D eigenvalue weighted by Gasteiger charge is -2.36. The van der Waals surface area contributed by atoms with Gasteiger partial charge in [-0.25, -0.2) is 0 Å². The van der Waals surface area contributed by atoms with Crippen molar-refractivity contribution < 1.29 is 4.79 Å². The van der Waals surface area contributed by atoms with Crippen molar-refractivity contribution in [3.63, 3.8) is 0 Å². The Morgan fingerprint density at radius 1 is 1.16 bits per heavy atom. The van der Waals surface area contributed by atoms with Crippen molar-refractivity contribution in [3.05, 3.63) is 35.4 Å². The van der Waals surface area contributed by atoms with Crippen molar-refractivity contribution >= 4 is 18.3 Å². The topological polar surface area (TPSA) is 32.3 Å². The Labute approximate surface area is 159 Å². The third-order valence-electron chi connectivity index (χ3n) is 5.86. The van der Waals surface area contributed by atoms with Crippen LogP contribution in [0.25, 0.3) is 0 Å². The predicted octanol–water partition coefficient (Wildman–Crippen LogP) is 3.98. The van der Waals surface area contributed by atoms with Crippen LogP contribution in [0.4, 0.5) is 0 Å². The van der Waals surface area contributed by atoms with E-state index in [0.29, 0.717) is 11.9 Å². The van der Waals surface area contributed by atoms with Gasteiger partial charge in [0.1, 0.15) is 0 Å². The fourth-order valence-electron chi connectivity index (χ4n) is 4.18. The van der Waals surface area contributed by atoms with E-state index in [2.05, 4.69) is 48.3 Å². The lowest BCUT2D eigenvalue weighted by Crippen LogP contribution is -2.46. The average molecular weight is 365 g/mol. The monoisotopic (exact) mass is 364 g/mol. The minimum Gasteiger partial charge on any atom is -0.342 e. The maximum absolute atomic E-state index is 12.7. The number of hydrogen-bond donors (Lipinski definition) is 1. The van der Waals surface area contributed by atoms with E-state index < -0.39 is 0 Å². The van der Waals surface area contributed by atoms with E-state index in [4.69, 9.17) is 0 Å². The number of likely N-dealkylation sites (tertiary alicyclic amines) is 1. The van der Waals surface area contributed by atoms with Crippen LogP contribution in [-0.4, -0.2) is 36.5 Å². The SMILES string of the molecule is Cc1ccc(CCC2CCN(C(=O)[C@H]3CCN[C@@H](C)C3)CC2)cc1.Cl. The summed E-state index contributed by atoms with van der Waals surface area (Å²) in [7, 11) is 0. The van der Waals surface area contributed by atoms with Crippen molar-refractivity contribution in [2.75, 3.05) is 19.6 Å². The molecular formula is C21H33ClN2O. The highest BCUT2D eigenvalue weighted by Gasteiger charge is 2.30. The lowest BCUT2D eigenvalue weighted by molar-refractivity contribution is -0.138. The molecule has 3 nitrogen and oxygen atoms in total. The van der Waals surface area contributed by atoms with E-state index in [1.807, 2.05) is 0 Å². The molecule has 2 fully saturated rings. The number of nitrogens with one attached hydrogen (secondary N) is 1. The minimum atomic E-state index is 0. The van der Waals surface area contributed by atoms with Crippen LogP contribution in [-0.2, 0) is 11.2 Å². The first-order valence-electron chi connectivity index (χ1n) is 9.69.